The largest absolute Gasteiger partial charge is 0.508 e. The summed E-state index contributed by atoms with van der Waals surface area (Å²) in [6, 6.07) is 10.2. The van der Waals surface area contributed by atoms with Gasteiger partial charge in [-0.15, -0.1) is 35.3 Å². The van der Waals surface area contributed by atoms with Gasteiger partial charge in [-0.25, -0.2) is 0 Å². The number of carbonyl (C=O) groups is 1. The highest BCUT2D eigenvalue weighted by atomic mass is 127. The Kier molecular flexibility index (Phi) is 11.2. The van der Waals surface area contributed by atoms with Gasteiger partial charge < -0.3 is 20.6 Å². The maximum Gasteiger partial charge on any atom is 0.251 e. The number of rotatable bonds is 8. The molecule has 0 fully saturated rings. The lowest BCUT2D eigenvalue weighted by Crippen LogP contribution is -2.38. The van der Waals surface area contributed by atoms with Crippen LogP contribution in [0.1, 0.15) is 28.6 Å². The Hall–Kier alpha value is -1.52. The number of thiophene rings is 1. The van der Waals surface area contributed by atoms with Crippen LogP contribution in [0.2, 0.25) is 4.34 Å². The molecule has 0 saturated carbocycles. The Balaban J connectivity index is 0.00000392. The van der Waals surface area contributed by atoms with Crippen molar-refractivity contribution in [3.8, 4) is 5.75 Å². The first kappa shape index (κ1) is 24.5. The molecular weight excluding hydrogens is 511 g/mol. The average Bonchev–Trinajstić information content (AvgIpc) is 3.05. The van der Waals surface area contributed by atoms with E-state index in [1.54, 1.807) is 23.5 Å². The minimum atomic E-state index is -0.200. The molecule has 1 amide bonds. The van der Waals surface area contributed by atoms with Gasteiger partial charge in [0, 0.05) is 37.1 Å². The number of benzene rings is 1. The zero-order valence-corrected chi connectivity index (χ0v) is 19.8. The molecule has 0 aliphatic heterocycles. The van der Waals surface area contributed by atoms with Crippen molar-refractivity contribution in [1.82, 2.24) is 15.5 Å². The lowest BCUT2D eigenvalue weighted by Gasteiger charge is -2.21. The summed E-state index contributed by atoms with van der Waals surface area (Å²) in [5, 5.41) is 15.5. The van der Waals surface area contributed by atoms with Crippen molar-refractivity contribution in [1.29, 1.82) is 0 Å². The monoisotopic (exact) mass is 536 g/mol. The van der Waals surface area contributed by atoms with Crippen molar-refractivity contribution in [2.45, 2.75) is 19.9 Å². The summed E-state index contributed by atoms with van der Waals surface area (Å²) >= 11 is 7.55. The number of hydrogen-bond acceptors (Lipinski definition) is 4. The van der Waals surface area contributed by atoms with Crippen molar-refractivity contribution in [2.75, 3.05) is 26.7 Å². The first-order valence-corrected chi connectivity index (χ1v) is 10.00. The molecule has 0 bridgehead atoms. The molecule has 3 N–H and O–H groups in total. The number of carbonyl (C=O) groups excluding carboxylic acids is 1. The molecule has 2 aromatic rings. The Morgan fingerprint density at radius 2 is 2.07 bits per heavy atom. The van der Waals surface area contributed by atoms with Crippen LogP contribution < -0.4 is 10.6 Å². The van der Waals surface area contributed by atoms with Crippen LogP contribution in [0.5, 0.6) is 5.75 Å². The molecule has 0 saturated heterocycles. The van der Waals surface area contributed by atoms with Gasteiger partial charge in [0.05, 0.1) is 10.9 Å². The van der Waals surface area contributed by atoms with E-state index < -0.39 is 0 Å². The van der Waals surface area contributed by atoms with Crippen LogP contribution >= 0.6 is 46.9 Å². The van der Waals surface area contributed by atoms with Crippen LogP contribution in [0.25, 0.3) is 0 Å². The van der Waals surface area contributed by atoms with E-state index in [4.69, 9.17) is 11.6 Å². The molecule has 0 aliphatic rings. The Labute approximate surface area is 192 Å². The second-order valence-corrected chi connectivity index (χ2v) is 7.76. The Morgan fingerprint density at radius 1 is 1.29 bits per heavy atom. The summed E-state index contributed by atoms with van der Waals surface area (Å²) in [7, 11) is 1.98. The fourth-order valence-corrected chi connectivity index (χ4v) is 3.57. The Bertz CT molecular complexity index is 785. The van der Waals surface area contributed by atoms with Gasteiger partial charge >= 0.3 is 0 Å². The summed E-state index contributed by atoms with van der Waals surface area (Å²) in [5.74, 6) is 0.701. The van der Waals surface area contributed by atoms with E-state index >= 15 is 0 Å². The van der Waals surface area contributed by atoms with Gasteiger partial charge in [-0.05, 0) is 43.7 Å². The maximum atomic E-state index is 12.0. The molecule has 9 heteroatoms. The zero-order chi connectivity index (χ0) is 19.6. The number of halogens is 2. The van der Waals surface area contributed by atoms with E-state index in [9.17, 15) is 9.90 Å². The van der Waals surface area contributed by atoms with Gasteiger partial charge in [0.2, 0.25) is 0 Å². The minimum absolute atomic E-state index is 0. The normalized spacial score (nSPS) is 10.9. The van der Waals surface area contributed by atoms with E-state index in [0.717, 1.165) is 29.8 Å². The summed E-state index contributed by atoms with van der Waals surface area (Å²) in [5.41, 5.74) is 0.446. The van der Waals surface area contributed by atoms with E-state index in [1.807, 2.05) is 26.1 Å². The van der Waals surface area contributed by atoms with Gasteiger partial charge in [0.25, 0.3) is 5.91 Å². The molecule has 0 atom stereocenters. The molecule has 1 aromatic carbocycles. The molecule has 6 nitrogen and oxygen atoms in total. The number of nitrogens with zero attached hydrogens (tertiary/aromatic N) is 2. The van der Waals surface area contributed by atoms with Crippen molar-refractivity contribution < 1.29 is 9.90 Å². The van der Waals surface area contributed by atoms with Crippen LogP contribution in [0, 0.1) is 0 Å². The van der Waals surface area contributed by atoms with Gasteiger partial charge in [0.1, 0.15) is 5.75 Å². The van der Waals surface area contributed by atoms with E-state index in [0.29, 0.717) is 18.7 Å². The van der Waals surface area contributed by atoms with E-state index in [2.05, 4.69) is 20.5 Å². The summed E-state index contributed by atoms with van der Waals surface area (Å²) in [6.07, 6.45) is 0.720. The fourth-order valence-electron chi connectivity index (χ4n) is 2.43. The molecule has 1 heterocycles. The molecular formula is C19H26ClIN4O2S. The first-order chi connectivity index (χ1) is 13.0. The molecule has 154 valence electrons. The van der Waals surface area contributed by atoms with Crippen LogP contribution in [0.4, 0.5) is 0 Å². The highest BCUT2D eigenvalue weighted by molar-refractivity contribution is 14.0. The van der Waals surface area contributed by atoms with Crippen molar-refractivity contribution in [3.63, 3.8) is 0 Å². The van der Waals surface area contributed by atoms with Crippen LogP contribution in [-0.4, -0.2) is 48.6 Å². The zero-order valence-electron chi connectivity index (χ0n) is 15.9. The molecule has 0 spiro atoms. The molecule has 2 rings (SSSR count). The van der Waals surface area contributed by atoms with Crippen molar-refractivity contribution in [2.24, 2.45) is 4.99 Å². The lowest BCUT2D eigenvalue weighted by molar-refractivity contribution is 0.0953. The smallest absolute Gasteiger partial charge is 0.251 e. The second kappa shape index (κ2) is 12.8. The second-order valence-electron chi connectivity index (χ2n) is 5.96. The number of hydrogen-bond donors (Lipinski definition) is 3. The standard InChI is InChI=1S/C19H25ClN4O2S.HI/c1-3-21-19(24(2)13-16-8-9-17(20)27-16)23-11-5-10-22-18(26)14-6-4-7-15(25)12-14;/h4,6-9,12,25H,3,5,10-11,13H2,1-2H3,(H,21,23)(H,22,26);1H. The molecule has 28 heavy (non-hydrogen) atoms. The number of aromatic hydroxyl groups is 1. The third-order valence-electron chi connectivity index (χ3n) is 3.71. The first-order valence-electron chi connectivity index (χ1n) is 8.80. The summed E-state index contributed by atoms with van der Waals surface area (Å²) in [6.45, 7) is 4.65. The van der Waals surface area contributed by atoms with Crippen LogP contribution in [0.15, 0.2) is 41.4 Å². The van der Waals surface area contributed by atoms with Crippen LogP contribution in [0.3, 0.4) is 0 Å². The number of phenolic OH excluding ortho intramolecular Hbond substituents is 1. The van der Waals surface area contributed by atoms with E-state index in [1.165, 1.54) is 17.0 Å². The van der Waals surface area contributed by atoms with Gasteiger partial charge in [-0.1, -0.05) is 17.7 Å². The quantitative estimate of drug-likeness (QED) is 0.207. The van der Waals surface area contributed by atoms with Crippen molar-refractivity contribution >= 4 is 58.8 Å². The van der Waals surface area contributed by atoms with E-state index in [-0.39, 0.29) is 35.6 Å². The highest BCUT2D eigenvalue weighted by Crippen LogP contribution is 2.22. The highest BCUT2D eigenvalue weighted by Gasteiger charge is 2.08. The predicted octanol–water partition coefficient (Wildman–Crippen LogP) is 3.94. The maximum absolute atomic E-state index is 12.0. The number of phenols is 1. The molecule has 1 aromatic heterocycles. The SMILES string of the molecule is CCNC(=NCCCNC(=O)c1cccc(O)c1)N(C)Cc1ccc(Cl)s1.I. The molecule has 0 radical (unpaired) electrons. The van der Waals surface area contributed by atoms with Gasteiger partial charge in [-0.3, -0.25) is 9.79 Å². The summed E-state index contributed by atoms with van der Waals surface area (Å²) < 4.78 is 0.780. The number of amides is 1. The number of aliphatic imine (C=N–C) groups is 1. The summed E-state index contributed by atoms with van der Waals surface area (Å²) in [4.78, 5) is 19.9. The lowest BCUT2D eigenvalue weighted by atomic mass is 10.2. The van der Waals surface area contributed by atoms with Gasteiger partial charge in [0.15, 0.2) is 5.96 Å². The van der Waals surface area contributed by atoms with Crippen molar-refractivity contribution in [3.05, 3.63) is 51.2 Å². The average molecular weight is 537 g/mol. The number of guanidine groups is 1. The topological polar surface area (TPSA) is 77.0 Å². The fraction of sp³-hybridized carbons (Fsp3) is 0.368. The van der Waals surface area contributed by atoms with Crippen LogP contribution in [-0.2, 0) is 6.54 Å². The predicted molar refractivity (Wildman–Crippen MR) is 127 cm³/mol. The molecule has 0 aliphatic carbocycles. The molecule has 0 unspecified atom stereocenters. The third kappa shape index (κ3) is 8.24. The minimum Gasteiger partial charge on any atom is -0.508 e. The van der Waals surface area contributed by atoms with Gasteiger partial charge in [-0.2, -0.15) is 0 Å². The number of nitrogens with one attached hydrogen (secondary N) is 2. The Morgan fingerprint density at radius 3 is 2.71 bits per heavy atom. The third-order valence-corrected chi connectivity index (χ3v) is 4.92.